The molecule has 0 unspecified atom stereocenters. The van der Waals surface area contributed by atoms with E-state index in [2.05, 4.69) is 4.99 Å². The largest absolute Gasteiger partial charge is 0.495 e. The Morgan fingerprint density at radius 3 is 2.58 bits per heavy atom. The second-order valence-corrected chi connectivity index (χ2v) is 12.1. The maximum absolute atomic E-state index is 12.7. The Hall–Kier alpha value is -1.45. The highest BCUT2D eigenvalue weighted by Crippen LogP contribution is 2.46. The van der Waals surface area contributed by atoms with Crippen molar-refractivity contribution in [1.82, 2.24) is 0 Å². The van der Waals surface area contributed by atoms with Crippen LogP contribution in [0.2, 0.25) is 5.02 Å². The fourth-order valence-corrected chi connectivity index (χ4v) is 8.83. The molecule has 7 nitrogen and oxygen atoms in total. The first-order valence-electron chi connectivity index (χ1n) is 10.5. The number of carbonyl (C=O) groups excluding carboxylic acids is 1. The molecule has 10 heteroatoms. The predicted molar refractivity (Wildman–Crippen MR) is 124 cm³/mol. The summed E-state index contributed by atoms with van der Waals surface area (Å²) >= 11 is 7.73. The van der Waals surface area contributed by atoms with Crippen molar-refractivity contribution in [2.24, 2.45) is 10.9 Å². The van der Waals surface area contributed by atoms with Gasteiger partial charge in [0.25, 0.3) is 0 Å². The Bertz CT molecular complexity index is 992. The van der Waals surface area contributed by atoms with Crippen LogP contribution in [0.3, 0.4) is 0 Å². The van der Waals surface area contributed by atoms with Gasteiger partial charge in [0.05, 0.1) is 42.5 Å². The zero-order chi connectivity index (χ0) is 22.2. The Kier molecular flexibility index (Phi) is 6.74. The van der Waals surface area contributed by atoms with E-state index in [1.165, 1.54) is 51.7 Å². The van der Waals surface area contributed by atoms with Gasteiger partial charge < -0.3 is 14.4 Å². The molecule has 2 heterocycles. The molecule has 3 aliphatic rings. The van der Waals surface area contributed by atoms with E-state index >= 15 is 0 Å². The predicted octanol–water partition coefficient (Wildman–Crippen LogP) is 3.93. The number of amidine groups is 1. The van der Waals surface area contributed by atoms with Gasteiger partial charge in [0.15, 0.2) is 15.0 Å². The van der Waals surface area contributed by atoms with E-state index in [4.69, 9.17) is 21.1 Å². The lowest BCUT2D eigenvalue weighted by Crippen LogP contribution is -2.38. The van der Waals surface area contributed by atoms with Crippen LogP contribution in [0.25, 0.3) is 0 Å². The maximum Gasteiger partial charge on any atom is 0.248 e. The van der Waals surface area contributed by atoms with Crippen LogP contribution in [0.4, 0.5) is 5.69 Å². The molecule has 4 rings (SSSR count). The highest BCUT2D eigenvalue weighted by atomic mass is 35.5. The fraction of sp³-hybridized carbons (Fsp3) is 0.619. The number of aliphatic imine (C=N–C) groups is 1. The summed E-state index contributed by atoms with van der Waals surface area (Å²) in [7, 11) is -0.118. The van der Waals surface area contributed by atoms with E-state index in [-0.39, 0.29) is 28.7 Å². The van der Waals surface area contributed by atoms with Crippen molar-refractivity contribution < 1.29 is 22.7 Å². The summed E-state index contributed by atoms with van der Waals surface area (Å²) < 4.78 is 35.4. The minimum atomic E-state index is -3.16. The SMILES string of the molecule is COc1cc(OC)c(N2C(=NC(=O)CCC3CCCC3)S[C@@H]3CS(=O)(=O)C[C@@H]32)cc1Cl. The van der Waals surface area contributed by atoms with Gasteiger partial charge in [-0.15, -0.1) is 0 Å². The first-order valence-corrected chi connectivity index (χ1v) is 13.6. The molecule has 1 aromatic carbocycles. The highest BCUT2D eigenvalue weighted by Gasteiger charge is 2.50. The third-order valence-electron chi connectivity index (χ3n) is 6.24. The Morgan fingerprint density at radius 1 is 1.19 bits per heavy atom. The molecule has 0 bridgehead atoms. The Morgan fingerprint density at radius 2 is 1.90 bits per heavy atom. The zero-order valence-corrected chi connectivity index (χ0v) is 20.1. The number of amides is 1. The number of rotatable bonds is 6. The van der Waals surface area contributed by atoms with Crippen LogP contribution in [-0.4, -0.2) is 56.5 Å². The molecule has 2 atom stereocenters. The van der Waals surface area contributed by atoms with Gasteiger partial charge in [-0.1, -0.05) is 49.0 Å². The lowest BCUT2D eigenvalue weighted by atomic mass is 10.0. The summed E-state index contributed by atoms with van der Waals surface area (Å²) in [4.78, 5) is 18.9. The van der Waals surface area contributed by atoms with Gasteiger partial charge in [0.2, 0.25) is 5.91 Å². The fourth-order valence-electron chi connectivity index (χ4n) is 4.67. The number of methoxy groups -OCH3 is 2. The molecule has 1 amide bonds. The van der Waals surface area contributed by atoms with Crippen molar-refractivity contribution in [1.29, 1.82) is 0 Å². The van der Waals surface area contributed by atoms with Gasteiger partial charge in [0, 0.05) is 17.7 Å². The van der Waals surface area contributed by atoms with E-state index in [1.54, 1.807) is 12.1 Å². The molecule has 1 saturated carbocycles. The van der Waals surface area contributed by atoms with Crippen molar-refractivity contribution >= 4 is 50.0 Å². The average molecular weight is 487 g/mol. The molecule has 0 N–H and O–H groups in total. The first kappa shape index (κ1) is 22.7. The summed E-state index contributed by atoms with van der Waals surface area (Å²) in [5, 5.41) is 0.706. The molecule has 1 aromatic rings. The molecule has 31 heavy (non-hydrogen) atoms. The van der Waals surface area contributed by atoms with Crippen molar-refractivity contribution in [3.8, 4) is 11.5 Å². The zero-order valence-electron chi connectivity index (χ0n) is 17.7. The summed E-state index contributed by atoms with van der Waals surface area (Å²) in [6.45, 7) is 0. The topological polar surface area (TPSA) is 85.3 Å². The third kappa shape index (κ3) is 4.83. The van der Waals surface area contributed by atoms with Crippen LogP contribution >= 0.6 is 23.4 Å². The van der Waals surface area contributed by atoms with Gasteiger partial charge in [0.1, 0.15) is 11.5 Å². The van der Waals surface area contributed by atoms with E-state index in [9.17, 15) is 13.2 Å². The molecule has 170 valence electrons. The molecular formula is C21H27ClN2O5S2. The molecule has 1 aliphatic carbocycles. The second kappa shape index (κ2) is 9.19. The minimum absolute atomic E-state index is 0.00670. The van der Waals surface area contributed by atoms with Crippen molar-refractivity contribution in [3.63, 3.8) is 0 Å². The molecule has 2 saturated heterocycles. The number of hydrogen-bond donors (Lipinski definition) is 0. The van der Waals surface area contributed by atoms with Crippen LogP contribution in [0, 0.1) is 5.92 Å². The van der Waals surface area contributed by atoms with E-state index in [1.807, 2.05) is 4.90 Å². The molecule has 2 aliphatic heterocycles. The van der Waals surface area contributed by atoms with Gasteiger partial charge in [-0.25, -0.2) is 8.42 Å². The summed E-state index contributed by atoms with van der Waals surface area (Å²) in [6, 6.07) is 3.03. The monoisotopic (exact) mass is 486 g/mol. The maximum atomic E-state index is 12.7. The number of benzene rings is 1. The summed E-state index contributed by atoms with van der Waals surface area (Å²) in [6.07, 6.45) is 6.14. The number of carbonyl (C=O) groups is 1. The van der Waals surface area contributed by atoms with Gasteiger partial charge in [-0.2, -0.15) is 4.99 Å². The second-order valence-electron chi connectivity index (χ2n) is 8.31. The summed E-state index contributed by atoms with van der Waals surface area (Å²) in [5.41, 5.74) is 0.591. The standard InChI is InChI=1S/C21H27ClN2O5S2/c1-28-17-10-18(29-2)15(9-14(17)22)24-16-11-31(26,27)12-19(16)30-21(24)23-20(25)8-7-13-5-3-4-6-13/h9-10,13,16,19H,3-8,11-12H2,1-2H3/t16-,19+/m0/s1. The van der Waals surface area contributed by atoms with E-state index in [0.717, 1.165) is 6.42 Å². The van der Waals surface area contributed by atoms with E-state index in [0.29, 0.717) is 39.7 Å². The number of anilines is 1. The van der Waals surface area contributed by atoms with Crippen LogP contribution in [0.15, 0.2) is 17.1 Å². The van der Waals surface area contributed by atoms with Gasteiger partial charge in [-0.05, 0) is 18.4 Å². The highest BCUT2D eigenvalue weighted by molar-refractivity contribution is 8.16. The lowest BCUT2D eigenvalue weighted by Gasteiger charge is -2.27. The number of ether oxygens (including phenoxy) is 2. The molecule has 0 radical (unpaired) electrons. The van der Waals surface area contributed by atoms with Crippen molar-refractivity contribution in [3.05, 3.63) is 17.2 Å². The first-order chi connectivity index (χ1) is 14.8. The molecule has 0 spiro atoms. The number of halogens is 1. The number of sulfone groups is 1. The number of thioether (sulfide) groups is 1. The molecular weight excluding hydrogens is 460 g/mol. The smallest absolute Gasteiger partial charge is 0.248 e. The van der Waals surface area contributed by atoms with E-state index < -0.39 is 9.84 Å². The molecule has 0 aromatic heterocycles. The number of hydrogen-bond acceptors (Lipinski definition) is 6. The minimum Gasteiger partial charge on any atom is -0.495 e. The Labute approximate surface area is 192 Å². The lowest BCUT2D eigenvalue weighted by molar-refractivity contribution is -0.118. The third-order valence-corrected chi connectivity index (χ3v) is 9.75. The number of nitrogens with zero attached hydrogens (tertiary/aromatic N) is 2. The average Bonchev–Trinajstić information content (AvgIpc) is 3.41. The van der Waals surface area contributed by atoms with Crippen molar-refractivity contribution in [2.75, 3.05) is 30.6 Å². The number of fused-ring (bicyclic) bond motifs is 1. The Balaban J connectivity index is 1.65. The quantitative estimate of drug-likeness (QED) is 0.602. The van der Waals surface area contributed by atoms with Gasteiger partial charge >= 0.3 is 0 Å². The van der Waals surface area contributed by atoms with Crippen LogP contribution in [0.5, 0.6) is 11.5 Å². The molecule has 3 fully saturated rings. The normalized spacial score (nSPS) is 26.4. The van der Waals surface area contributed by atoms with Crippen LogP contribution in [0.1, 0.15) is 38.5 Å². The summed E-state index contributed by atoms with van der Waals surface area (Å²) in [5.74, 6) is 1.46. The van der Waals surface area contributed by atoms with Gasteiger partial charge in [-0.3, -0.25) is 4.79 Å². The van der Waals surface area contributed by atoms with Crippen LogP contribution in [-0.2, 0) is 14.6 Å². The van der Waals surface area contributed by atoms with Crippen molar-refractivity contribution in [2.45, 2.75) is 49.8 Å². The van der Waals surface area contributed by atoms with Crippen LogP contribution < -0.4 is 14.4 Å².